The van der Waals surface area contributed by atoms with Gasteiger partial charge < -0.3 is 19.1 Å². The summed E-state index contributed by atoms with van der Waals surface area (Å²) in [5, 5.41) is -0.173. The summed E-state index contributed by atoms with van der Waals surface area (Å²) >= 11 is 1.55. The fraction of sp³-hybridized carbons (Fsp3) is 0.333. The van der Waals surface area contributed by atoms with E-state index in [2.05, 4.69) is 0 Å². The predicted octanol–water partition coefficient (Wildman–Crippen LogP) is 3.41. The Morgan fingerprint density at radius 1 is 1.18 bits per heavy atom. The first kappa shape index (κ1) is 20.1. The standard InChI is InChI=1S/C21H23NO5S/c1-3-26-20(24)13-27-18-7-5-4-6-17(18)21-22(19(23)14-28-21)12-15-8-10-16(25-2)11-9-15/h4-11,21H,3,12-14H2,1-2H3. The van der Waals surface area contributed by atoms with Gasteiger partial charge in [0.2, 0.25) is 5.91 Å². The molecule has 1 aliphatic heterocycles. The lowest BCUT2D eigenvalue weighted by Crippen LogP contribution is -2.28. The van der Waals surface area contributed by atoms with Gasteiger partial charge in [-0.05, 0) is 30.7 Å². The van der Waals surface area contributed by atoms with E-state index in [0.29, 0.717) is 24.7 Å². The molecule has 0 saturated carbocycles. The van der Waals surface area contributed by atoms with Crippen molar-refractivity contribution < 1.29 is 23.8 Å². The largest absolute Gasteiger partial charge is 0.497 e. The fourth-order valence-corrected chi connectivity index (χ4v) is 4.18. The molecule has 1 fully saturated rings. The second-order valence-electron chi connectivity index (χ2n) is 6.16. The number of hydrogen-bond acceptors (Lipinski definition) is 6. The zero-order valence-corrected chi connectivity index (χ0v) is 16.7. The third-order valence-electron chi connectivity index (χ3n) is 4.32. The van der Waals surface area contributed by atoms with E-state index in [1.807, 2.05) is 53.4 Å². The summed E-state index contributed by atoms with van der Waals surface area (Å²) in [7, 11) is 1.62. The van der Waals surface area contributed by atoms with Crippen LogP contribution >= 0.6 is 11.8 Å². The molecule has 148 valence electrons. The maximum absolute atomic E-state index is 12.5. The molecule has 0 N–H and O–H groups in total. The van der Waals surface area contributed by atoms with Crippen LogP contribution in [0.2, 0.25) is 0 Å². The van der Waals surface area contributed by atoms with Crippen LogP contribution in [0.4, 0.5) is 0 Å². The number of esters is 1. The monoisotopic (exact) mass is 401 g/mol. The van der Waals surface area contributed by atoms with Crippen LogP contribution in [0.1, 0.15) is 23.4 Å². The molecule has 6 nitrogen and oxygen atoms in total. The van der Waals surface area contributed by atoms with Gasteiger partial charge in [-0.1, -0.05) is 30.3 Å². The highest BCUT2D eigenvalue weighted by Gasteiger charge is 2.34. The van der Waals surface area contributed by atoms with Crippen molar-refractivity contribution in [3.05, 3.63) is 59.7 Å². The number of rotatable bonds is 8. The van der Waals surface area contributed by atoms with Crippen LogP contribution in [0.25, 0.3) is 0 Å². The summed E-state index contributed by atoms with van der Waals surface area (Å²) < 4.78 is 15.8. The first-order valence-electron chi connectivity index (χ1n) is 9.03. The minimum absolute atomic E-state index is 0.0750. The Morgan fingerprint density at radius 2 is 1.93 bits per heavy atom. The molecule has 2 aromatic rings. The van der Waals surface area contributed by atoms with Crippen molar-refractivity contribution >= 4 is 23.6 Å². The Kier molecular flexibility index (Phi) is 6.81. The van der Waals surface area contributed by atoms with Gasteiger partial charge in [0.1, 0.15) is 16.9 Å². The Balaban J connectivity index is 1.77. The van der Waals surface area contributed by atoms with E-state index in [1.54, 1.807) is 25.8 Å². The van der Waals surface area contributed by atoms with Gasteiger partial charge >= 0.3 is 5.97 Å². The molecule has 1 amide bonds. The van der Waals surface area contributed by atoms with Crippen LogP contribution in [0.5, 0.6) is 11.5 Å². The number of carbonyl (C=O) groups is 2. The summed E-state index contributed by atoms with van der Waals surface area (Å²) in [5.74, 6) is 1.43. The Morgan fingerprint density at radius 3 is 2.64 bits per heavy atom. The van der Waals surface area contributed by atoms with Crippen LogP contribution in [0.3, 0.4) is 0 Å². The summed E-state index contributed by atoms with van der Waals surface area (Å²) in [6.45, 7) is 2.40. The topological polar surface area (TPSA) is 65.1 Å². The molecule has 0 radical (unpaired) electrons. The van der Waals surface area contributed by atoms with E-state index < -0.39 is 5.97 Å². The molecule has 3 rings (SSSR count). The summed E-state index contributed by atoms with van der Waals surface area (Å²) in [4.78, 5) is 26.0. The van der Waals surface area contributed by atoms with Crippen LogP contribution in [-0.4, -0.2) is 42.9 Å². The molecule has 1 heterocycles. The maximum Gasteiger partial charge on any atom is 0.344 e. The van der Waals surface area contributed by atoms with Crippen molar-refractivity contribution in [3.63, 3.8) is 0 Å². The third kappa shape index (κ3) is 4.78. The molecule has 7 heteroatoms. The zero-order valence-electron chi connectivity index (χ0n) is 15.9. The minimum Gasteiger partial charge on any atom is -0.497 e. The second kappa shape index (κ2) is 9.50. The Bertz CT molecular complexity index is 824. The lowest BCUT2D eigenvalue weighted by atomic mass is 10.1. The molecule has 2 aromatic carbocycles. The summed E-state index contributed by atoms with van der Waals surface area (Å²) in [5.41, 5.74) is 1.89. The van der Waals surface area contributed by atoms with Crippen molar-refractivity contribution in [3.8, 4) is 11.5 Å². The Labute approximate surface area is 168 Å². The molecule has 0 bridgehead atoms. The van der Waals surface area contributed by atoms with Crippen LogP contribution < -0.4 is 9.47 Å². The smallest absolute Gasteiger partial charge is 0.344 e. The van der Waals surface area contributed by atoms with Crippen molar-refractivity contribution in [2.75, 3.05) is 26.1 Å². The van der Waals surface area contributed by atoms with Gasteiger partial charge in [-0.15, -0.1) is 11.8 Å². The molecule has 0 aliphatic carbocycles. The molecule has 0 aromatic heterocycles. The molecular weight excluding hydrogens is 378 g/mol. The number of methoxy groups -OCH3 is 1. The van der Waals surface area contributed by atoms with E-state index in [4.69, 9.17) is 14.2 Å². The van der Waals surface area contributed by atoms with Crippen molar-refractivity contribution in [1.29, 1.82) is 0 Å². The predicted molar refractivity (Wildman–Crippen MR) is 107 cm³/mol. The minimum atomic E-state index is -0.414. The average Bonchev–Trinajstić information content (AvgIpc) is 3.07. The fourth-order valence-electron chi connectivity index (χ4n) is 2.97. The Hall–Kier alpha value is -2.67. The van der Waals surface area contributed by atoms with Gasteiger partial charge in [0.05, 0.1) is 19.5 Å². The molecule has 1 aliphatic rings. The van der Waals surface area contributed by atoms with Gasteiger partial charge in [-0.3, -0.25) is 4.79 Å². The number of nitrogens with zero attached hydrogens (tertiary/aromatic N) is 1. The first-order chi connectivity index (χ1) is 13.6. The number of para-hydroxylation sites is 1. The SMILES string of the molecule is CCOC(=O)COc1ccccc1C1SCC(=O)N1Cc1ccc(OC)cc1. The number of carbonyl (C=O) groups excluding carboxylic acids is 2. The molecule has 28 heavy (non-hydrogen) atoms. The van der Waals surface area contributed by atoms with Gasteiger partial charge in [0, 0.05) is 12.1 Å². The highest BCUT2D eigenvalue weighted by atomic mass is 32.2. The van der Waals surface area contributed by atoms with Crippen molar-refractivity contribution in [1.82, 2.24) is 4.90 Å². The number of ether oxygens (including phenoxy) is 3. The second-order valence-corrected chi connectivity index (χ2v) is 7.23. The van der Waals surface area contributed by atoms with Crippen LogP contribution in [0, 0.1) is 0 Å². The van der Waals surface area contributed by atoms with E-state index in [9.17, 15) is 9.59 Å². The van der Waals surface area contributed by atoms with Crippen molar-refractivity contribution in [2.24, 2.45) is 0 Å². The van der Waals surface area contributed by atoms with Gasteiger partial charge in [0.25, 0.3) is 0 Å². The van der Waals surface area contributed by atoms with E-state index in [0.717, 1.165) is 16.9 Å². The third-order valence-corrected chi connectivity index (χ3v) is 5.55. The number of amides is 1. The normalized spacial score (nSPS) is 16.1. The van der Waals surface area contributed by atoms with Gasteiger partial charge in [0.15, 0.2) is 6.61 Å². The molecule has 1 atom stereocenters. The van der Waals surface area contributed by atoms with E-state index in [1.165, 1.54) is 0 Å². The van der Waals surface area contributed by atoms with Gasteiger partial charge in [-0.2, -0.15) is 0 Å². The molecule has 1 saturated heterocycles. The maximum atomic E-state index is 12.5. The molecule has 0 spiro atoms. The van der Waals surface area contributed by atoms with E-state index in [-0.39, 0.29) is 17.9 Å². The van der Waals surface area contributed by atoms with Gasteiger partial charge in [-0.25, -0.2) is 4.79 Å². The lowest BCUT2D eigenvalue weighted by molar-refractivity contribution is -0.145. The zero-order chi connectivity index (χ0) is 19.9. The average molecular weight is 401 g/mol. The number of thioether (sulfide) groups is 1. The van der Waals surface area contributed by atoms with Crippen LogP contribution in [0.15, 0.2) is 48.5 Å². The van der Waals surface area contributed by atoms with Crippen LogP contribution in [-0.2, 0) is 20.9 Å². The van der Waals surface area contributed by atoms with E-state index >= 15 is 0 Å². The lowest BCUT2D eigenvalue weighted by Gasteiger charge is -2.26. The highest BCUT2D eigenvalue weighted by molar-refractivity contribution is 8.00. The number of benzene rings is 2. The first-order valence-corrected chi connectivity index (χ1v) is 10.1. The molecule has 1 unspecified atom stereocenters. The highest BCUT2D eigenvalue weighted by Crippen LogP contribution is 2.43. The molecular formula is C21H23NO5S. The van der Waals surface area contributed by atoms with Crippen molar-refractivity contribution in [2.45, 2.75) is 18.8 Å². The summed E-state index contributed by atoms with van der Waals surface area (Å²) in [6.07, 6.45) is 0. The number of hydrogen-bond donors (Lipinski definition) is 0. The summed E-state index contributed by atoms with van der Waals surface area (Å²) in [6, 6.07) is 15.2. The quantitative estimate of drug-likeness (QED) is 0.632.